The second kappa shape index (κ2) is 57.0. The molecule has 2 aliphatic carbocycles. The van der Waals surface area contributed by atoms with E-state index in [4.69, 9.17) is 0 Å². The normalized spacial score (nSPS) is 12.8. The average Bonchev–Trinajstić information content (AvgIpc) is 4.11. The first-order valence-corrected chi connectivity index (χ1v) is 27.6. The molecule has 60 heavy (non-hydrogen) atoms. The molecule has 0 saturated heterocycles. The molecule has 0 amide bonds. The van der Waals surface area contributed by atoms with Crippen LogP contribution in [0, 0.1) is 64.1 Å². The highest BCUT2D eigenvalue weighted by Gasteiger charge is 2.24. The first-order valence-electron chi connectivity index (χ1n) is 27.6. The van der Waals surface area contributed by atoms with Gasteiger partial charge in [-0.1, -0.05) is 316 Å². The van der Waals surface area contributed by atoms with Crippen molar-refractivity contribution in [3.8, 4) is 0 Å². The van der Waals surface area contributed by atoms with Crippen LogP contribution < -0.4 is 0 Å². The van der Waals surface area contributed by atoms with Crippen LogP contribution in [-0.2, 0) is 0 Å². The van der Waals surface area contributed by atoms with E-state index in [1.54, 1.807) is 0 Å². The Hall–Kier alpha value is 0. The van der Waals surface area contributed by atoms with Gasteiger partial charge < -0.3 is 0 Å². The zero-order valence-corrected chi connectivity index (χ0v) is 49.3. The topological polar surface area (TPSA) is 0 Å². The maximum atomic E-state index is 2.30. The van der Waals surface area contributed by atoms with Crippen LogP contribution in [0.3, 0.4) is 0 Å². The standard InChI is InChI=1S/2C6H12.8C6H14/c1-5(2)6-3-4-6;1-2-3-6-4-5-6;2*1-5-6(2,3)4;1-5(2)6(3)4;2*1-4-5-6(2)3;2*1-4-6(3)5-2;1-3-5-6-4-2/h5-6H,3-4H2,1-2H3;6H,2-5H2,1H3;2*5H2,1-4H3;5-6H,1-4H3;4*6H,4-5H2,1-3H3;3-6H2,1-2H3. The van der Waals surface area contributed by atoms with Crippen molar-refractivity contribution < 1.29 is 0 Å². The third-order valence-corrected chi connectivity index (χ3v) is 11.9. The molecular formula is C60H136. The van der Waals surface area contributed by atoms with E-state index in [2.05, 4.69) is 201 Å². The highest BCUT2D eigenvalue weighted by atomic mass is 14.3. The number of unbranched alkanes of at least 4 members (excludes halogenated alkanes) is 3. The van der Waals surface area contributed by atoms with E-state index in [0.29, 0.717) is 10.8 Å². The summed E-state index contributed by atoms with van der Waals surface area (Å²) in [6, 6.07) is 0. The van der Waals surface area contributed by atoms with Gasteiger partial charge in [-0.3, -0.25) is 0 Å². The molecule has 0 unspecified atom stereocenters. The van der Waals surface area contributed by atoms with Gasteiger partial charge in [-0.05, 0) is 76.9 Å². The smallest absolute Gasteiger partial charge is 0.0385 e. The van der Waals surface area contributed by atoms with E-state index in [1.807, 2.05) is 0 Å². The van der Waals surface area contributed by atoms with E-state index in [9.17, 15) is 0 Å². The lowest BCUT2D eigenvalue weighted by Crippen LogP contribution is -2.00. The Morgan fingerprint density at radius 2 is 0.650 bits per heavy atom. The lowest BCUT2D eigenvalue weighted by Gasteiger charge is -2.12. The summed E-state index contributed by atoms with van der Waals surface area (Å²) >= 11 is 0. The molecule has 0 N–H and O–H groups in total. The Kier molecular flexibility index (Phi) is 73.4. The van der Waals surface area contributed by atoms with Crippen LogP contribution in [0.4, 0.5) is 0 Å². The fraction of sp³-hybridized carbons (Fsp3) is 1.00. The molecule has 2 fully saturated rings. The highest BCUT2D eigenvalue weighted by molar-refractivity contribution is 4.75. The summed E-state index contributed by atoms with van der Waals surface area (Å²) in [5, 5.41) is 0. The molecule has 2 aliphatic rings. The SMILES string of the molecule is CC(C)C(C)C.CC(C)C1CC1.CCC(C)(C)C.CCC(C)(C)C.CCC(C)CC.CCC(C)CC.CCCC(C)C.CCCC(C)C.CCCC1CC1.CCCCCC. The molecule has 0 aromatic carbocycles. The van der Waals surface area contributed by atoms with Crippen molar-refractivity contribution in [1.82, 2.24) is 0 Å². The number of rotatable bonds is 15. The Balaban J connectivity index is -0.0000000835. The van der Waals surface area contributed by atoms with Gasteiger partial charge in [0.1, 0.15) is 0 Å². The maximum absolute atomic E-state index is 2.30. The van der Waals surface area contributed by atoms with E-state index < -0.39 is 0 Å². The zero-order chi connectivity index (χ0) is 49.3. The van der Waals surface area contributed by atoms with Crippen LogP contribution in [0.5, 0.6) is 0 Å². The van der Waals surface area contributed by atoms with Crippen molar-refractivity contribution in [3.05, 3.63) is 0 Å². The molecule has 0 aromatic heterocycles. The minimum atomic E-state index is 0.542. The minimum absolute atomic E-state index is 0.542. The summed E-state index contributed by atoms with van der Waals surface area (Å²) in [5.41, 5.74) is 1.08. The second-order valence-electron chi connectivity index (χ2n) is 23.0. The first-order chi connectivity index (χ1) is 27.6. The number of hydrogen-bond acceptors (Lipinski definition) is 0. The van der Waals surface area contributed by atoms with Crippen LogP contribution in [0.1, 0.15) is 329 Å². The molecule has 0 heterocycles. The molecule has 0 nitrogen and oxygen atoms in total. The molecule has 0 radical (unpaired) electrons. The predicted octanol–water partition coefficient (Wildman–Crippen LogP) is 23.8. The Morgan fingerprint density at radius 1 is 0.383 bits per heavy atom. The van der Waals surface area contributed by atoms with Crippen molar-refractivity contribution in [2.45, 2.75) is 329 Å². The molecule has 0 atom stereocenters. The van der Waals surface area contributed by atoms with Gasteiger partial charge in [0.15, 0.2) is 0 Å². The van der Waals surface area contributed by atoms with Gasteiger partial charge in [-0.2, -0.15) is 0 Å². The van der Waals surface area contributed by atoms with Crippen molar-refractivity contribution in [2.75, 3.05) is 0 Å². The minimum Gasteiger partial charge on any atom is -0.0654 e. The summed E-state index contributed by atoms with van der Waals surface area (Å²) < 4.78 is 0. The lowest BCUT2D eigenvalue weighted by molar-refractivity contribution is 0.397. The van der Waals surface area contributed by atoms with Crippen molar-refractivity contribution in [3.63, 3.8) is 0 Å². The Labute approximate surface area is 391 Å². The molecule has 376 valence electrons. The summed E-state index contributed by atoms with van der Waals surface area (Å²) in [6.07, 6.45) is 27.7. The second-order valence-corrected chi connectivity index (χ2v) is 23.0. The fourth-order valence-corrected chi connectivity index (χ4v) is 3.81. The highest BCUT2D eigenvalue weighted by Crippen LogP contribution is 2.35. The predicted molar refractivity (Wildman–Crippen MR) is 293 cm³/mol. The van der Waals surface area contributed by atoms with Gasteiger partial charge in [0.25, 0.3) is 0 Å². The monoisotopic (exact) mass is 857 g/mol. The van der Waals surface area contributed by atoms with Gasteiger partial charge in [0.2, 0.25) is 0 Å². The van der Waals surface area contributed by atoms with Crippen LogP contribution in [0.2, 0.25) is 0 Å². The Bertz CT molecular complexity index is 591. The average molecular weight is 858 g/mol. The van der Waals surface area contributed by atoms with E-state index in [-0.39, 0.29) is 0 Å². The zero-order valence-electron chi connectivity index (χ0n) is 49.3. The number of hydrogen-bond donors (Lipinski definition) is 0. The van der Waals surface area contributed by atoms with E-state index >= 15 is 0 Å². The van der Waals surface area contributed by atoms with Crippen LogP contribution >= 0.6 is 0 Å². The quantitative estimate of drug-likeness (QED) is 0.144. The van der Waals surface area contributed by atoms with Crippen molar-refractivity contribution >= 4 is 0 Å². The molecule has 0 aromatic rings. The maximum Gasteiger partial charge on any atom is -0.0385 e. The lowest BCUT2D eigenvalue weighted by atomic mass is 9.94. The van der Waals surface area contributed by atoms with Gasteiger partial charge in [0, 0.05) is 0 Å². The molecule has 0 heteroatoms. The summed E-state index contributed by atoms with van der Waals surface area (Å²) in [7, 11) is 0. The van der Waals surface area contributed by atoms with Gasteiger partial charge in [-0.15, -0.1) is 0 Å². The Morgan fingerprint density at radius 3 is 0.683 bits per heavy atom. The van der Waals surface area contributed by atoms with Gasteiger partial charge in [0.05, 0.1) is 0 Å². The van der Waals surface area contributed by atoms with Gasteiger partial charge >= 0.3 is 0 Å². The summed E-state index contributed by atoms with van der Waals surface area (Å²) in [5.74, 6) is 8.58. The molecule has 0 spiro atoms. The molecule has 0 aliphatic heterocycles. The van der Waals surface area contributed by atoms with Crippen LogP contribution in [0.25, 0.3) is 0 Å². The molecule has 2 rings (SSSR count). The van der Waals surface area contributed by atoms with E-state index in [0.717, 1.165) is 53.3 Å². The summed E-state index contributed by atoms with van der Waals surface area (Å²) in [6.45, 7) is 65.1. The third-order valence-electron chi connectivity index (χ3n) is 11.9. The van der Waals surface area contributed by atoms with E-state index in [1.165, 1.54) is 128 Å². The fourth-order valence-electron chi connectivity index (χ4n) is 3.81. The molecular weight excluding hydrogens is 721 g/mol. The largest absolute Gasteiger partial charge is 0.0654 e. The summed E-state index contributed by atoms with van der Waals surface area (Å²) in [4.78, 5) is 0. The first kappa shape index (κ1) is 77.2. The molecule has 0 bridgehead atoms. The molecule has 2 saturated carbocycles. The van der Waals surface area contributed by atoms with Crippen LogP contribution in [0.15, 0.2) is 0 Å². The van der Waals surface area contributed by atoms with Crippen molar-refractivity contribution in [2.24, 2.45) is 64.1 Å². The third kappa shape index (κ3) is 118. The van der Waals surface area contributed by atoms with Gasteiger partial charge in [-0.25, -0.2) is 0 Å². The van der Waals surface area contributed by atoms with Crippen LogP contribution in [-0.4, -0.2) is 0 Å². The van der Waals surface area contributed by atoms with Crippen molar-refractivity contribution in [1.29, 1.82) is 0 Å².